The van der Waals surface area contributed by atoms with E-state index in [1.165, 1.54) is 0 Å². The van der Waals surface area contributed by atoms with Gasteiger partial charge in [-0.3, -0.25) is 0 Å². The van der Waals surface area contributed by atoms with Crippen molar-refractivity contribution in [3.05, 3.63) is 35.4 Å². The van der Waals surface area contributed by atoms with Crippen molar-refractivity contribution in [3.63, 3.8) is 0 Å². The summed E-state index contributed by atoms with van der Waals surface area (Å²) in [7, 11) is 0. The summed E-state index contributed by atoms with van der Waals surface area (Å²) < 4.78 is 0. The maximum Gasteiger partial charge on any atom is 1.00 e. The molecule has 0 heterocycles. The number of aryl methyl sites for hydroxylation is 1. The van der Waals surface area contributed by atoms with Crippen molar-refractivity contribution < 1.29 is 61.3 Å². The zero-order valence-electron chi connectivity index (χ0n) is 8.04. The molecule has 0 aliphatic rings. The minimum absolute atomic E-state index is 0. The molecule has 0 amide bonds. The van der Waals surface area contributed by atoms with Gasteiger partial charge in [-0.2, -0.15) is 0 Å². The number of rotatable bonds is 3. The molecule has 3 heteroatoms. The molecule has 64 valence electrons. The van der Waals surface area contributed by atoms with E-state index >= 15 is 0 Å². The third kappa shape index (κ3) is 3.91. The maximum absolute atomic E-state index is 10.6. The molecule has 0 aromatic heterocycles. The first kappa shape index (κ1) is 13.3. The van der Waals surface area contributed by atoms with Crippen LogP contribution >= 0.6 is 0 Å². The number of carboxylic acids is 1. The van der Waals surface area contributed by atoms with Gasteiger partial charge in [-0.1, -0.05) is 37.6 Å². The summed E-state index contributed by atoms with van der Waals surface area (Å²) in [5.74, 6) is -1.08. The number of hydrogen-bond donors (Lipinski definition) is 0. The van der Waals surface area contributed by atoms with E-state index in [-0.39, 0.29) is 51.4 Å². The minimum Gasteiger partial charge on any atom is -0.545 e. The molecule has 0 saturated carbocycles. The van der Waals surface area contributed by atoms with Gasteiger partial charge in [0.1, 0.15) is 0 Å². The molecular weight excluding hydrogens is 191 g/mol. The molecule has 0 radical (unpaired) electrons. The zero-order valence-corrected chi connectivity index (χ0v) is 11.2. The van der Waals surface area contributed by atoms with E-state index in [1.54, 1.807) is 12.1 Å². The van der Waals surface area contributed by atoms with E-state index in [0.717, 1.165) is 18.4 Å². The van der Waals surface area contributed by atoms with Crippen molar-refractivity contribution in [1.29, 1.82) is 0 Å². The Hall–Kier alpha value is 0.326. The van der Waals surface area contributed by atoms with Gasteiger partial charge in [-0.25, -0.2) is 0 Å². The molecule has 0 bridgehead atoms. The minimum atomic E-state index is -1.08. The fourth-order valence-electron chi connectivity index (χ4n) is 1.21. The van der Waals surface area contributed by atoms with Crippen molar-refractivity contribution in [3.8, 4) is 0 Å². The smallest absolute Gasteiger partial charge is 0.545 e. The number of hydrogen-bond acceptors (Lipinski definition) is 2. The van der Waals surface area contributed by atoms with Crippen LogP contribution in [0.1, 0.15) is 29.3 Å². The van der Waals surface area contributed by atoms with Crippen molar-refractivity contribution >= 4 is 5.97 Å². The van der Waals surface area contributed by atoms with Gasteiger partial charge in [0.05, 0.1) is 5.97 Å². The van der Waals surface area contributed by atoms with E-state index in [4.69, 9.17) is 0 Å². The Bertz CT molecular complexity index is 284. The van der Waals surface area contributed by atoms with Crippen LogP contribution in [-0.2, 0) is 6.42 Å². The van der Waals surface area contributed by atoms with Crippen LogP contribution in [0.2, 0.25) is 0 Å². The van der Waals surface area contributed by atoms with Gasteiger partial charge in [0.15, 0.2) is 0 Å². The normalized spacial score (nSPS) is 9.00. The molecular formula is C10H11KO2. The quantitative estimate of drug-likeness (QED) is 0.532. The summed E-state index contributed by atoms with van der Waals surface area (Å²) in [6.07, 6.45) is 1.74. The number of aromatic carboxylic acids is 1. The van der Waals surface area contributed by atoms with E-state index in [1.807, 2.05) is 19.1 Å². The largest absolute Gasteiger partial charge is 1.00 e. The van der Waals surface area contributed by atoms with Gasteiger partial charge < -0.3 is 9.90 Å². The van der Waals surface area contributed by atoms with E-state index in [9.17, 15) is 9.90 Å². The second-order valence-corrected chi connectivity index (χ2v) is 2.69. The molecule has 0 atom stereocenters. The zero-order chi connectivity index (χ0) is 8.97. The second-order valence-electron chi connectivity index (χ2n) is 2.69. The molecule has 0 aliphatic carbocycles. The molecule has 2 nitrogen and oxygen atoms in total. The average molecular weight is 202 g/mol. The first-order valence-electron chi connectivity index (χ1n) is 4.05. The molecule has 0 N–H and O–H groups in total. The van der Waals surface area contributed by atoms with E-state index < -0.39 is 5.97 Å². The third-order valence-electron chi connectivity index (χ3n) is 1.76. The summed E-state index contributed by atoms with van der Waals surface area (Å²) in [6.45, 7) is 2.02. The standard InChI is InChI=1S/C10H12O2.K/c1-2-5-8-6-3-4-7-9(8)10(11)12;/h3-4,6-7H,2,5H2,1H3,(H,11,12);/q;+1/p-1. The number of carbonyl (C=O) groups is 1. The molecule has 0 aliphatic heterocycles. The van der Waals surface area contributed by atoms with Crippen LogP contribution in [0.25, 0.3) is 0 Å². The van der Waals surface area contributed by atoms with Crippen molar-refractivity contribution in [1.82, 2.24) is 0 Å². The van der Waals surface area contributed by atoms with Gasteiger partial charge in [0, 0.05) is 5.56 Å². The van der Waals surface area contributed by atoms with Crippen LogP contribution in [0.4, 0.5) is 0 Å². The Balaban J connectivity index is 0.00000144. The Labute approximate surface area is 121 Å². The molecule has 13 heavy (non-hydrogen) atoms. The third-order valence-corrected chi connectivity index (χ3v) is 1.76. The summed E-state index contributed by atoms with van der Waals surface area (Å²) in [5, 5.41) is 10.6. The van der Waals surface area contributed by atoms with Crippen molar-refractivity contribution in [2.24, 2.45) is 0 Å². The first-order valence-corrected chi connectivity index (χ1v) is 4.05. The van der Waals surface area contributed by atoms with Crippen LogP contribution in [0.5, 0.6) is 0 Å². The van der Waals surface area contributed by atoms with Gasteiger partial charge in [-0.05, 0) is 12.0 Å². The fraction of sp³-hybridized carbons (Fsp3) is 0.300. The molecule has 1 aromatic carbocycles. The van der Waals surface area contributed by atoms with Gasteiger partial charge in [0.2, 0.25) is 0 Å². The van der Waals surface area contributed by atoms with Gasteiger partial charge in [-0.15, -0.1) is 0 Å². The van der Waals surface area contributed by atoms with Gasteiger partial charge in [0.25, 0.3) is 0 Å². The summed E-state index contributed by atoms with van der Waals surface area (Å²) in [6, 6.07) is 6.97. The summed E-state index contributed by atoms with van der Waals surface area (Å²) in [5.41, 5.74) is 1.18. The molecule has 0 fully saturated rings. The predicted molar refractivity (Wildman–Crippen MR) is 44.8 cm³/mol. The topological polar surface area (TPSA) is 40.1 Å². The predicted octanol–water partition coefficient (Wildman–Crippen LogP) is -1.99. The molecule has 0 unspecified atom stereocenters. The van der Waals surface area contributed by atoms with E-state index in [2.05, 4.69) is 0 Å². The Morgan fingerprint density at radius 1 is 1.38 bits per heavy atom. The van der Waals surface area contributed by atoms with Crippen LogP contribution in [0.3, 0.4) is 0 Å². The summed E-state index contributed by atoms with van der Waals surface area (Å²) >= 11 is 0. The second kappa shape index (κ2) is 6.73. The fourth-order valence-corrected chi connectivity index (χ4v) is 1.21. The average Bonchev–Trinajstić information content (AvgIpc) is 2.05. The Morgan fingerprint density at radius 2 is 2.00 bits per heavy atom. The van der Waals surface area contributed by atoms with Crippen molar-refractivity contribution in [2.75, 3.05) is 0 Å². The Morgan fingerprint density at radius 3 is 2.54 bits per heavy atom. The SMILES string of the molecule is CCCc1ccccc1C(=O)[O-].[K+]. The monoisotopic (exact) mass is 202 g/mol. The van der Waals surface area contributed by atoms with Gasteiger partial charge >= 0.3 is 51.4 Å². The van der Waals surface area contributed by atoms with Crippen LogP contribution in [-0.4, -0.2) is 5.97 Å². The van der Waals surface area contributed by atoms with Crippen LogP contribution < -0.4 is 56.5 Å². The molecule has 0 spiro atoms. The molecule has 1 aromatic rings. The summed E-state index contributed by atoms with van der Waals surface area (Å²) in [4.78, 5) is 10.6. The Kier molecular flexibility index (Phi) is 6.90. The van der Waals surface area contributed by atoms with Crippen LogP contribution in [0.15, 0.2) is 24.3 Å². The van der Waals surface area contributed by atoms with Crippen molar-refractivity contribution in [2.45, 2.75) is 19.8 Å². The van der Waals surface area contributed by atoms with Crippen LogP contribution in [0, 0.1) is 0 Å². The van der Waals surface area contributed by atoms with E-state index in [0.29, 0.717) is 5.56 Å². The number of benzene rings is 1. The molecule has 1 rings (SSSR count). The maximum atomic E-state index is 10.6. The molecule has 0 saturated heterocycles. The number of carbonyl (C=O) groups excluding carboxylic acids is 1. The number of carboxylic acid groups (broad SMARTS) is 1. The first-order chi connectivity index (χ1) is 5.75.